The van der Waals surface area contributed by atoms with Gasteiger partial charge in [-0.25, -0.2) is 0 Å². The molecule has 0 aromatic heterocycles. The summed E-state index contributed by atoms with van der Waals surface area (Å²) in [5.41, 5.74) is 0. The van der Waals surface area contributed by atoms with Crippen molar-refractivity contribution in [2.75, 3.05) is 7.05 Å². The van der Waals surface area contributed by atoms with Crippen LogP contribution in [0, 0.1) is 5.92 Å². The van der Waals surface area contributed by atoms with Crippen LogP contribution in [0.2, 0.25) is 0 Å². The van der Waals surface area contributed by atoms with E-state index in [0.717, 1.165) is 6.42 Å². The first kappa shape index (κ1) is 10.4. The number of carboxylic acids is 1. The normalized spacial score (nSPS) is 15.9. The number of carboxylic acid groups (broad SMARTS) is 1. The average molecular weight is 159 g/mol. The summed E-state index contributed by atoms with van der Waals surface area (Å²) in [7, 11) is 1.81. The summed E-state index contributed by atoms with van der Waals surface area (Å²) in [6.07, 6.45) is 1.23. The van der Waals surface area contributed by atoms with E-state index in [1.165, 1.54) is 0 Å². The van der Waals surface area contributed by atoms with Crippen molar-refractivity contribution in [3.63, 3.8) is 0 Å². The summed E-state index contributed by atoms with van der Waals surface area (Å²) in [6, 6.07) is 0.109. The second kappa shape index (κ2) is 5.13. The van der Waals surface area contributed by atoms with Gasteiger partial charge in [-0.05, 0) is 13.0 Å². The van der Waals surface area contributed by atoms with E-state index in [9.17, 15) is 4.79 Å². The highest BCUT2D eigenvalue weighted by Crippen LogP contribution is 2.09. The van der Waals surface area contributed by atoms with E-state index in [1.54, 1.807) is 7.05 Å². The lowest BCUT2D eigenvalue weighted by molar-refractivity contribution is -0.137. The molecule has 66 valence electrons. The van der Waals surface area contributed by atoms with Crippen LogP contribution in [-0.2, 0) is 4.79 Å². The van der Waals surface area contributed by atoms with E-state index >= 15 is 0 Å². The minimum Gasteiger partial charge on any atom is -0.481 e. The van der Waals surface area contributed by atoms with Gasteiger partial charge in [0.25, 0.3) is 0 Å². The van der Waals surface area contributed by atoms with Gasteiger partial charge in [0.1, 0.15) is 0 Å². The van der Waals surface area contributed by atoms with Gasteiger partial charge in [0.2, 0.25) is 0 Å². The topological polar surface area (TPSA) is 49.3 Å². The number of rotatable bonds is 5. The lowest BCUT2D eigenvalue weighted by Crippen LogP contribution is -2.33. The Balaban J connectivity index is 3.84. The molecule has 2 atom stereocenters. The molecule has 0 bridgehead atoms. The number of hydrogen-bond acceptors (Lipinski definition) is 2. The fourth-order valence-corrected chi connectivity index (χ4v) is 1.06. The Kier molecular flexibility index (Phi) is 4.86. The van der Waals surface area contributed by atoms with Crippen LogP contribution in [0.3, 0.4) is 0 Å². The highest BCUT2D eigenvalue weighted by Gasteiger charge is 2.16. The highest BCUT2D eigenvalue weighted by atomic mass is 16.4. The molecule has 2 N–H and O–H groups in total. The maximum atomic E-state index is 10.3. The Labute approximate surface area is 67.8 Å². The molecule has 0 heterocycles. The molecule has 3 heteroatoms. The molecule has 0 aromatic rings. The molecule has 3 nitrogen and oxygen atoms in total. The van der Waals surface area contributed by atoms with Crippen molar-refractivity contribution in [2.45, 2.75) is 32.7 Å². The standard InChI is InChI=1S/C8H17NO2/c1-4-6(2)7(9-3)5-8(10)11/h6-7,9H,4-5H2,1-3H3,(H,10,11)/t6-,7+/m0/s1. The summed E-state index contributed by atoms with van der Waals surface area (Å²) in [6.45, 7) is 4.13. The molecule has 0 spiro atoms. The summed E-state index contributed by atoms with van der Waals surface area (Å²) in [4.78, 5) is 10.3. The first-order valence-corrected chi connectivity index (χ1v) is 4.00. The van der Waals surface area contributed by atoms with Gasteiger partial charge >= 0.3 is 5.97 Å². The van der Waals surface area contributed by atoms with Gasteiger partial charge in [0.15, 0.2) is 0 Å². The van der Waals surface area contributed by atoms with Gasteiger partial charge < -0.3 is 10.4 Å². The van der Waals surface area contributed by atoms with Crippen molar-refractivity contribution in [3.05, 3.63) is 0 Å². The van der Waals surface area contributed by atoms with Crippen molar-refractivity contribution in [3.8, 4) is 0 Å². The molecule has 0 saturated carbocycles. The fraction of sp³-hybridized carbons (Fsp3) is 0.875. The summed E-state index contributed by atoms with van der Waals surface area (Å²) < 4.78 is 0. The van der Waals surface area contributed by atoms with Gasteiger partial charge in [0.05, 0.1) is 6.42 Å². The Morgan fingerprint density at radius 2 is 2.18 bits per heavy atom. The highest BCUT2D eigenvalue weighted by molar-refractivity contribution is 5.67. The minimum absolute atomic E-state index is 0.109. The molecule has 0 aliphatic rings. The SMILES string of the molecule is CC[C@H](C)[C@@H](CC(=O)O)NC. The van der Waals surface area contributed by atoms with Gasteiger partial charge in [-0.3, -0.25) is 4.79 Å². The molecular formula is C8H17NO2. The van der Waals surface area contributed by atoms with E-state index in [0.29, 0.717) is 5.92 Å². The second-order valence-electron chi connectivity index (χ2n) is 2.88. The van der Waals surface area contributed by atoms with Crippen LogP contribution >= 0.6 is 0 Å². The molecular weight excluding hydrogens is 142 g/mol. The molecule has 0 aliphatic heterocycles. The quantitative estimate of drug-likeness (QED) is 0.631. The summed E-state index contributed by atoms with van der Waals surface area (Å²) >= 11 is 0. The average Bonchev–Trinajstić information content (AvgIpc) is 1.98. The molecule has 0 radical (unpaired) electrons. The zero-order chi connectivity index (χ0) is 8.85. The second-order valence-corrected chi connectivity index (χ2v) is 2.88. The Morgan fingerprint density at radius 1 is 1.64 bits per heavy atom. The van der Waals surface area contributed by atoms with Crippen molar-refractivity contribution in [1.29, 1.82) is 0 Å². The zero-order valence-electron chi connectivity index (χ0n) is 7.42. The van der Waals surface area contributed by atoms with E-state index in [2.05, 4.69) is 19.2 Å². The van der Waals surface area contributed by atoms with Crippen LogP contribution in [-0.4, -0.2) is 24.2 Å². The van der Waals surface area contributed by atoms with Crippen molar-refractivity contribution >= 4 is 5.97 Å². The van der Waals surface area contributed by atoms with Gasteiger partial charge in [-0.2, -0.15) is 0 Å². The molecule has 0 aromatic carbocycles. The van der Waals surface area contributed by atoms with Crippen molar-refractivity contribution in [2.24, 2.45) is 5.92 Å². The number of nitrogens with one attached hydrogen (secondary N) is 1. The van der Waals surface area contributed by atoms with Gasteiger partial charge in [-0.15, -0.1) is 0 Å². The van der Waals surface area contributed by atoms with E-state index in [4.69, 9.17) is 5.11 Å². The molecule has 0 aliphatic carbocycles. The molecule has 0 fully saturated rings. The van der Waals surface area contributed by atoms with Gasteiger partial charge in [-0.1, -0.05) is 20.3 Å². The Bertz CT molecular complexity index is 125. The van der Waals surface area contributed by atoms with E-state index < -0.39 is 5.97 Å². The smallest absolute Gasteiger partial charge is 0.304 e. The van der Waals surface area contributed by atoms with Gasteiger partial charge in [0, 0.05) is 6.04 Å². The third-order valence-corrected chi connectivity index (χ3v) is 2.10. The Morgan fingerprint density at radius 3 is 2.45 bits per heavy atom. The fourth-order valence-electron chi connectivity index (χ4n) is 1.06. The summed E-state index contributed by atoms with van der Waals surface area (Å²) in [5.74, 6) is -0.305. The van der Waals surface area contributed by atoms with Crippen molar-refractivity contribution < 1.29 is 9.90 Å². The lowest BCUT2D eigenvalue weighted by atomic mass is 9.97. The number of aliphatic carboxylic acids is 1. The predicted octanol–water partition coefficient (Wildman–Crippen LogP) is 1.10. The first-order chi connectivity index (χ1) is 5.11. The third kappa shape index (κ3) is 3.98. The summed E-state index contributed by atoms with van der Waals surface area (Å²) in [5, 5.41) is 11.5. The minimum atomic E-state index is -0.732. The molecule has 0 amide bonds. The van der Waals surface area contributed by atoms with Crippen LogP contribution in [0.4, 0.5) is 0 Å². The largest absolute Gasteiger partial charge is 0.481 e. The number of carbonyl (C=O) groups is 1. The molecule has 11 heavy (non-hydrogen) atoms. The van der Waals surface area contributed by atoms with Crippen LogP contribution in [0.15, 0.2) is 0 Å². The van der Waals surface area contributed by atoms with Crippen molar-refractivity contribution in [1.82, 2.24) is 5.32 Å². The van der Waals surface area contributed by atoms with Crippen LogP contribution < -0.4 is 5.32 Å². The molecule has 0 rings (SSSR count). The molecule has 0 saturated heterocycles. The van der Waals surface area contributed by atoms with Crippen LogP contribution in [0.5, 0.6) is 0 Å². The maximum Gasteiger partial charge on any atom is 0.304 e. The zero-order valence-corrected chi connectivity index (χ0v) is 7.42. The number of hydrogen-bond donors (Lipinski definition) is 2. The predicted molar refractivity (Wildman–Crippen MR) is 44.6 cm³/mol. The molecule has 0 unspecified atom stereocenters. The van der Waals surface area contributed by atoms with Crippen LogP contribution in [0.1, 0.15) is 26.7 Å². The van der Waals surface area contributed by atoms with Crippen LogP contribution in [0.25, 0.3) is 0 Å². The lowest BCUT2D eigenvalue weighted by Gasteiger charge is -2.19. The van der Waals surface area contributed by atoms with E-state index in [1.807, 2.05) is 0 Å². The van der Waals surface area contributed by atoms with E-state index in [-0.39, 0.29) is 12.5 Å². The Hall–Kier alpha value is -0.570. The monoisotopic (exact) mass is 159 g/mol. The first-order valence-electron chi connectivity index (χ1n) is 4.00. The maximum absolute atomic E-state index is 10.3. The third-order valence-electron chi connectivity index (χ3n) is 2.10.